The molecule has 2 aromatic rings. The van der Waals surface area contributed by atoms with Crippen molar-refractivity contribution >= 4 is 29.0 Å². The lowest BCUT2D eigenvalue weighted by Crippen LogP contribution is -2.27. The third kappa shape index (κ3) is 3.96. The highest BCUT2D eigenvalue weighted by Gasteiger charge is 2.35. The van der Waals surface area contributed by atoms with E-state index in [1.54, 1.807) is 30.3 Å². The van der Waals surface area contributed by atoms with Crippen molar-refractivity contribution in [2.45, 2.75) is 6.54 Å². The highest BCUT2D eigenvalue weighted by atomic mass is 32.2. The van der Waals surface area contributed by atoms with Gasteiger partial charge in [-0.1, -0.05) is 12.1 Å². The van der Waals surface area contributed by atoms with Crippen LogP contribution in [0.25, 0.3) is 6.08 Å². The number of halogens is 1. The van der Waals surface area contributed by atoms with E-state index in [4.69, 9.17) is 14.2 Å². The van der Waals surface area contributed by atoms with Crippen LogP contribution in [0.3, 0.4) is 0 Å². The summed E-state index contributed by atoms with van der Waals surface area (Å²) in [5.74, 6) is 0.637. The van der Waals surface area contributed by atoms with Gasteiger partial charge in [0, 0.05) is 11.6 Å². The summed E-state index contributed by atoms with van der Waals surface area (Å²) >= 11 is 0.838. The van der Waals surface area contributed by atoms with Crippen LogP contribution in [-0.2, 0) is 11.3 Å². The summed E-state index contributed by atoms with van der Waals surface area (Å²) < 4.78 is 28.9. The number of carbonyl (C=O) groups excluding carboxylic acids is 2. The van der Waals surface area contributed by atoms with Crippen molar-refractivity contribution in [2.75, 3.05) is 21.3 Å². The zero-order valence-electron chi connectivity index (χ0n) is 15.5. The number of hydrogen-bond donors (Lipinski definition) is 0. The van der Waals surface area contributed by atoms with Gasteiger partial charge in [0.25, 0.3) is 11.1 Å². The fraction of sp³-hybridized carbons (Fsp3) is 0.200. The maximum atomic E-state index is 13.1. The molecular weight excluding hydrogens is 385 g/mol. The number of ether oxygens (including phenoxy) is 3. The van der Waals surface area contributed by atoms with Crippen molar-refractivity contribution in [3.8, 4) is 17.2 Å². The van der Waals surface area contributed by atoms with Gasteiger partial charge in [0.15, 0.2) is 11.5 Å². The van der Waals surface area contributed by atoms with Crippen LogP contribution in [0.5, 0.6) is 17.2 Å². The summed E-state index contributed by atoms with van der Waals surface area (Å²) in [5.41, 5.74) is 1.24. The molecule has 2 amide bonds. The topological polar surface area (TPSA) is 65.1 Å². The number of benzene rings is 2. The molecule has 0 bridgehead atoms. The summed E-state index contributed by atoms with van der Waals surface area (Å²) in [4.78, 5) is 26.4. The molecule has 28 heavy (non-hydrogen) atoms. The smallest absolute Gasteiger partial charge is 0.293 e. The Morgan fingerprint density at radius 3 is 2.18 bits per heavy atom. The maximum absolute atomic E-state index is 13.1. The van der Waals surface area contributed by atoms with Crippen molar-refractivity contribution in [3.63, 3.8) is 0 Å². The Hall–Kier alpha value is -3.00. The monoisotopic (exact) mass is 403 g/mol. The normalized spacial score (nSPS) is 15.3. The molecule has 2 aromatic carbocycles. The molecule has 0 saturated carbocycles. The molecular formula is C20H18FNO5S. The molecule has 1 fully saturated rings. The van der Waals surface area contributed by atoms with Crippen LogP contribution in [-0.4, -0.2) is 37.4 Å². The minimum absolute atomic E-state index is 0.0748. The van der Waals surface area contributed by atoms with Crippen molar-refractivity contribution in [3.05, 3.63) is 58.2 Å². The average Bonchev–Trinajstić information content (AvgIpc) is 2.96. The molecule has 0 N–H and O–H groups in total. The van der Waals surface area contributed by atoms with Crippen LogP contribution >= 0.6 is 11.8 Å². The molecule has 0 unspecified atom stereocenters. The van der Waals surface area contributed by atoms with Gasteiger partial charge in [-0.3, -0.25) is 14.5 Å². The maximum Gasteiger partial charge on any atom is 0.293 e. The second-order valence-corrected chi connectivity index (χ2v) is 6.84. The molecule has 0 radical (unpaired) electrons. The lowest BCUT2D eigenvalue weighted by Gasteiger charge is -2.13. The first-order valence-corrected chi connectivity index (χ1v) is 9.08. The van der Waals surface area contributed by atoms with Gasteiger partial charge in [0.1, 0.15) is 11.6 Å². The van der Waals surface area contributed by atoms with Crippen molar-refractivity contribution in [1.82, 2.24) is 4.90 Å². The number of thioether (sulfide) groups is 1. The molecule has 1 aliphatic heterocycles. The predicted molar refractivity (Wildman–Crippen MR) is 104 cm³/mol. The number of methoxy groups -OCH3 is 3. The first kappa shape index (κ1) is 19.8. The van der Waals surface area contributed by atoms with E-state index < -0.39 is 5.91 Å². The van der Waals surface area contributed by atoms with E-state index >= 15 is 0 Å². The van der Waals surface area contributed by atoms with E-state index in [0.29, 0.717) is 28.4 Å². The Labute approximate surface area is 165 Å². The zero-order valence-corrected chi connectivity index (χ0v) is 16.3. The van der Waals surface area contributed by atoms with Gasteiger partial charge in [-0.2, -0.15) is 0 Å². The van der Waals surface area contributed by atoms with Crippen molar-refractivity contribution < 1.29 is 28.2 Å². The van der Waals surface area contributed by atoms with Crippen molar-refractivity contribution in [2.24, 2.45) is 0 Å². The summed E-state index contributed by atoms with van der Waals surface area (Å²) in [7, 11) is 4.52. The largest absolute Gasteiger partial charge is 0.496 e. The lowest BCUT2D eigenvalue weighted by atomic mass is 10.1. The first-order chi connectivity index (χ1) is 13.5. The minimum atomic E-state index is -0.420. The van der Waals surface area contributed by atoms with Gasteiger partial charge in [-0.25, -0.2) is 4.39 Å². The van der Waals surface area contributed by atoms with Gasteiger partial charge in [0.2, 0.25) is 0 Å². The number of nitrogens with zero attached hydrogens (tertiary/aromatic N) is 1. The summed E-state index contributed by atoms with van der Waals surface area (Å²) in [5, 5.41) is -0.389. The lowest BCUT2D eigenvalue weighted by molar-refractivity contribution is -0.123. The fourth-order valence-electron chi connectivity index (χ4n) is 2.72. The predicted octanol–water partition coefficient (Wildman–Crippen LogP) is 4.09. The third-order valence-corrected chi connectivity index (χ3v) is 5.06. The van der Waals surface area contributed by atoms with Gasteiger partial charge in [-0.15, -0.1) is 0 Å². The van der Waals surface area contributed by atoms with Crippen LogP contribution in [0.15, 0.2) is 41.3 Å². The molecule has 0 aliphatic carbocycles. The summed E-state index contributed by atoms with van der Waals surface area (Å²) in [6.07, 6.45) is 1.58. The Kier molecular flexibility index (Phi) is 5.89. The fourth-order valence-corrected chi connectivity index (χ4v) is 3.54. The van der Waals surface area contributed by atoms with Gasteiger partial charge in [-0.05, 0) is 41.6 Å². The Bertz CT molecular complexity index is 942. The molecule has 1 aliphatic rings. The van der Waals surface area contributed by atoms with E-state index in [-0.39, 0.29) is 22.5 Å². The Balaban J connectivity index is 1.90. The second kappa shape index (κ2) is 8.35. The zero-order chi connectivity index (χ0) is 20.3. The molecule has 3 rings (SSSR count). The molecule has 1 saturated heterocycles. The van der Waals surface area contributed by atoms with Crippen LogP contribution in [0.1, 0.15) is 11.1 Å². The minimum Gasteiger partial charge on any atom is -0.496 e. The molecule has 6 nitrogen and oxygen atoms in total. The number of imide groups is 1. The van der Waals surface area contributed by atoms with E-state index in [0.717, 1.165) is 16.7 Å². The molecule has 0 atom stereocenters. The van der Waals surface area contributed by atoms with Crippen LogP contribution in [0, 0.1) is 5.82 Å². The van der Waals surface area contributed by atoms with Crippen LogP contribution < -0.4 is 14.2 Å². The molecule has 1 heterocycles. The second-order valence-electron chi connectivity index (χ2n) is 5.84. The number of carbonyl (C=O) groups is 2. The first-order valence-electron chi connectivity index (χ1n) is 8.26. The van der Waals surface area contributed by atoms with E-state index in [1.807, 2.05) is 0 Å². The van der Waals surface area contributed by atoms with Gasteiger partial charge >= 0.3 is 0 Å². The highest BCUT2D eigenvalue weighted by molar-refractivity contribution is 8.18. The average molecular weight is 403 g/mol. The van der Waals surface area contributed by atoms with E-state index in [2.05, 4.69) is 0 Å². The third-order valence-electron chi connectivity index (χ3n) is 4.15. The molecule has 0 spiro atoms. The van der Waals surface area contributed by atoms with Gasteiger partial charge in [0.05, 0.1) is 32.8 Å². The van der Waals surface area contributed by atoms with Gasteiger partial charge < -0.3 is 14.2 Å². The SMILES string of the molecule is COc1cc(OC)c(OC)cc1/C=C1\SC(=O)N(Cc2ccc(F)cc2)C1=O. The number of hydrogen-bond acceptors (Lipinski definition) is 6. The molecule has 146 valence electrons. The van der Waals surface area contributed by atoms with Crippen LogP contribution in [0.2, 0.25) is 0 Å². The molecule has 0 aromatic heterocycles. The Morgan fingerprint density at radius 1 is 0.964 bits per heavy atom. The number of rotatable bonds is 6. The standard InChI is InChI=1S/C20H18FNO5S/c1-25-15-10-17(27-3)16(26-2)8-13(15)9-18-19(23)22(20(24)28-18)11-12-4-6-14(21)7-5-12/h4-10H,11H2,1-3H3/b18-9-. The molecule has 8 heteroatoms. The van der Waals surface area contributed by atoms with Crippen LogP contribution in [0.4, 0.5) is 9.18 Å². The van der Waals surface area contributed by atoms with E-state index in [9.17, 15) is 14.0 Å². The van der Waals surface area contributed by atoms with E-state index in [1.165, 1.54) is 33.5 Å². The highest BCUT2D eigenvalue weighted by Crippen LogP contribution is 2.39. The summed E-state index contributed by atoms with van der Waals surface area (Å²) in [6, 6.07) is 8.98. The van der Waals surface area contributed by atoms with Crippen molar-refractivity contribution in [1.29, 1.82) is 0 Å². The number of amides is 2. The summed E-state index contributed by atoms with van der Waals surface area (Å²) in [6.45, 7) is 0.0748. The quantitative estimate of drug-likeness (QED) is 0.677. The Morgan fingerprint density at radius 2 is 1.57 bits per heavy atom.